The van der Waals surface area contributed by atoms with E-state index in [-0.39, 0.29) is 11.5 Å². The van der Waals surface area contributed by atoms with Gasteiger partial charge in [0.2, 0.25) is 5.95 Å². The number of H-pyrrole nitrogens is 1. The molecule has 0 aliphatic heterocycles. The molecule has 2 heterocycles. The van der Waals surface area contributed by atoms with E-state index in [9.17, 15) is 9.59 Å². The van der Waals surface area contributed by atoms with Crippen molar-refractivity contribution in [1.29, 1.82) is 0 Å². The van der Waals surface area contributed by atoms with Crippen LogP contribution in [0.15, 0.2) is 53.3 Å². The summed E-state index contributed by atoms with van der Waals surface area (Å²) < 4.78 is 1.13. The highest BCUT2D eigenvalue weighted by Gasteiger charge is 2.23. The Morgan fingerprint density at radius 3 is 2.65 bits per heavy atom. The first-order valence-electron chi connectivity index (χ1n) is 8.27. The van der Waals surface area contributed by atoms with Crippen LogP contribution in [0.2, 0.25) is 0 Å². The van der Waals surface area contributed by atoms with Crippen LogP contribution in [0.5, 0.6) is 0 Å². The smallest absolute Gasteiger partial charge is 0.278 e. The highest BCUT2D eigenvalue weighted by molar-refractivity contribution is 5.93. The zero-order chi connectivity index (χ0) is 18.1. The SMILES string of the molecule is CC[C@H](C(=O)Nc1nc2ccccc2[nH]1)n1nnc2ccccc2c1=O. The van der Waals surface area contributed by atoms with Crippen LogP contribution in [-0.2, 0) is 4.79 Å². The van der Waals surface area contributed by atoms with Gasteiger partial charge >= 0.3 is 0 Å². The van der Waals surface area contributed by atoms with E-state index in [1.54, 1.807) is 24.3 Å². The third kappa shape index (κ3) is 2.71. The van der Waals surface area contributed by atoms with Crippen molar-refractivity contribution < 1.29 is 4.79 Å². The Labute approximate surface area is 147 Å². The van der Waals surface area contributed by atoms with Crippen molar-refractivity contribution in [2.75, 3.05) is 5.32 Å². The topological polar surface area (TPSA) is 106 Å². The van der Waals surface area contributed by atoms with Gasteiger partial charge in [0.1, 0.15) is 11.6 Å². The molecule has 26 heavy (non-hydrogen) atoms. The molecule has 0 unspecified atom stereocenters. The second-order valence-electron chi connectivity index (χ2n) is 5.87. The summed E-state index contributed by atoms with van der Waals surface area (Å²) in [7, 11) is 0. The summed E-state index contributed by atoms with van der Waals surface area (Å²) in [5.74, 6) is -0.0466. The molecule has 8 heteroatoms. The summed E-state index contributed by atoms with van der Waals surface area (Å²) in [5.41, 5.74) is 1.72. The maximum Gasteiger partial charge on any atom is 0.278 e. The van der Waals surface area contributed by atoms with Crippen LogP contribution in [0.4, 0.5) is 5.95 Å². The molecule has 0 bridgehead atoms. The molecule has 2 aromatic carbocycles. The van der Waals surface area contributed by atoms with Crippen LogP contribution in [0, 0.1) is 0 Å². The summed E-state index contributed by atoms with van der Waals surface area (Å²) in [5, 5.41) is 11.1. The first-order valence-corrected chi connectivity index (χ1v) is 8.27. The lowest BCUT2D eigenvalue weighted by atomic mass is 10.2. The fourth-order valence-corrected chi connectivity index (χ4v) is 2.89. The first kappa shape index (κ1) is 15.9. The normalized spacial score (nSPS) is 12.3. The number of fused-ring (bicyclic) bond motifs is 2. The second-order valence-corrected chi connectivity index (χ2v) is 5.87. The van der Waals surface area contributed by atoms with Crippen molar-refractivity contribution in [2.24, 2.45) is 0 Å². The molecule has 0 aliphatic rings. The number of anilines is 1. The maximum absolute atomic E-state index is 12.7. The van der Waals surface area contributed by atoms with Gasteiger partial charge in [-0.25, -0.2) is 4.98 Å². The number of para-hydroxylation sites is 2. The lowest BCUT2D eigenvalue weighted by molar-refractivity contribution is -0.119. The van der Waals surface area contributed by atoms with Crippen molar-refractivity contribution in [3.63, 3.8) is 0 Å². The molecule has 4 rings (SSSR count). The van der Waals surface area contributed by atoms with Gasteiger partial charge in [0.05, 0.1) is 16.4 Å². The number of hydrogen-bond donors (Lipinski definition) is 2. The van der Waals surface area contributed by atoms with Gasteiger partial charge in [0.25, 0.3) is 11.5 Å². The average Bonchev–Trinajstić information content (AvgIpc) is 3.06. The molecule has 4 aromatic rings. The Morgan fingerprint density at radius 1 is 1.15 bits per heavy atom. The van der Waals surface area contributed by atoms with E-state index in [4.69, 9.17) is 0 Å². The summed E-state index contributed by atoms with van der Waals surface area (Å²) in [4.78, 5) is 32.8. The van der Waals surface area contributed by atoms with Crippen molar-refractivity contribution in [2.45, 2.75) is 19.4 Å². The molecule has 2 N–H and O–H groups in total. The maximum atomic E-state index is 12.7. The van der Waals surface area contributed by atoms with Gasteiger partial charge in [-0.05, 0) is 30.7 Å². The minimum Gasteiger partial charge on any atom is -0.324 e. The lowest BCUT2D eigenvalue weighted by Crippen LogP contribution is -2.35. The van der Waals surface area contributed by atoms with E-state index >= 15 is 0 Å². The van der Waals surface area contributed by atoms with Gasteiger partial charge in [-0.1, -0.05) is 36.4 Å². The number of amides is 1. The number of carbonyl (C=O) groups is 1. The Kier molecular flexibility index (Phi) is 3.92. The fourth-order valence-electron chi connectivity index (χ4n) is 2.89. The summed E-state index contributed by atoms with van der Waals surface area (Å²) in [6, 6.07) is 13.6. The zero-order valence-corrected chi connectivity index (χ0v) is 14.0. The molecule has 130 valence electrons. The molecule has 0 saturated heterocycles. The third-order valence-electron chi connectivity index (χ3n) is 4.21. The number of hydrogen-bond acceptors (Lipinski definition) is 5. The van der Waals surface area contributed by atoms with E-state index < -0.39 is 6.04 Å². The van der Waals surface area contributed by atoms with Gasteiger partial charge in [0.15, 0.2) is 0 Å². The average molecular weight is 348 g/mol. The summed E-state index contributed by atoms with van der Waals surface area (Å²) in [6.07, 6.45) is 0.388. The number of nitrogens with one attached hydrogen (secondary N) is 2. The fraction of sp³-hybridized carbons (Fsp3) is 0.167. The predicted molar refractivity (Wildman–Crippen MR) is 97.8 cm³/mol. The summed E-state index contributed by atoms with van der Waals surface area (Å²) in [6.45, 7) is 1.81. The highest BCUT2D eigenvalue weighted by Crippen LogP contribution is 2.16. The van der Waals surface area contributed by atoms with E-state index in [0.717, 1.165) is 15.7 Å². The number of benzene rings is 2. The number of carbonyl (C=O) groups excluding carboxylic acids is 1. The molecule has 0 radical (unpaired) electrons. The van der Waals surface area contributed by atoms with Crippen LogP contribution in [-0.4, -0.2) is 30.9 Å². The zero-order valence-electron chi connectivity index (χ0n) is 14.0. The van der Waals surface area contributed by atoms with Gasteiger partial charge in [-0.3, -0.25) is 14.9 Å². The van der Waals surface area contributed by atoms with Gasteiger partial charge in [-0.15, -0.1) is 5.10 Å². The van der Waals surface area contributed by atoms with Gasteiger partial charge < -0.3 is 4.98 Å². The minimum atomic E-state index is -0.784. The van der Waals surface area contributed by atoms with E-state index in [1.165, 1.54) is 0 Å². The van der Waals surface area contributed by atoms with Crippen LogP contribution in [0.25, 0.3) is 21.9 Å². The van der Waals surface area contributed by atoms with E-state index in [1.807, 2.05) is 31.2 Å². The van der Waals surface area contributed by atoms with E-state index in [0.29, 0.717) is 23.3 Å². The number of rotatable bonds is 4. The van der Waals surface area contributed by atoms with Crippen LogP contribution in [0.1, 0.15) is 19.4 Å². The molecule has 0 spiro atoms. The van der Waals surface area contributed by atoms with Crippen molar-refractivity contribution in [1.82, 2.24) is 25.0 Å². The summed E-state index contributed by atoms with van der Waals surface area (Å²) >= 11 is 0. The number of aromatic amines is 1. The molecule has 0 fully saturated rings. The van der Waals surface area contributed by atoms with Gasteiger partial charge in [-0.2, -0.15) is 4.68 Å². The molecular weight excluding hydrogens is 332 g/mol. The Balaban J connectivity index is 1.67. The predicted octanol–water partition coefficient (Wildman–Crippen LogP) is 2.26. The van der Waals surface area contributed by atoms with E-state index in [2.05, 4.69) is 25.6 Å². The van der Waals surface area contributed by atoms with Crippen molar-refractivity contribution >= 4 is 33.8 Å². The largest absolute Gasteiger partial charge is 0.324 e. The Bertz CT molecular complexity index is 1130. The van der Waals surface area contributed by atoms with Crippen molar-refractivity contribution in [3.05, 3.63) is 58.9 Å². The Morgan fingerprint density at radius 2 is 1.88 bits per heavy atom. The first-order chi connectivity index (χ1) is 12.7. The molecule has 0 saturated carbocycles. The molecule has 8 nitrogen and oxygen atoms in total. The van der Waals surface area contributed by atoms with Gasteiger partial charge in [0, 0.05) is 0 Å². The molecule has 1 atom stereocenters. The third-order valence-corrected chi connectivity index (χ3v) is 4.21. The Hall–Kier alpha value is -3.55. The van der Waals surface area contributed by atoms with Crippen LogP contribution >= 0.6 is 0 Å². The second kappa shape index (κ2) is 6.40. The number of imidazole rings is 1. The standard InChI is InChI=1S/C18H16N6O2/c1-2-15(24-17(26)11-7-3-4-8-12(11)22-23-24)16(25)21-18-19-13-9-5-6-10-14(13)20-18/h3-10,15H,2H2,1H3,(H2,19,20,21,25)/t15-/m1/s1. The quantitative estimate of drug-likeness (QED) is 0.588. The molecule has 2 aromatic heterocycles. The van der Waals surface area contributed by atoms with Crippen molar-refractivity contribution in [3.8, 4) is 0 Å². The molecule has 1 amide bonds. The number of nitrogens with zero attached hydrogens (tertiary/aromatic N) is 4. The molecule has 0 aliphatic carbocycles. The monoisotopic (exact) mass is 348 g/mol. The molecular formula is C18H16N6O2. The highest BCUT2D eigenvalue weighted by atomic mass is 16.2. The van der Waals surface area contributed by atoms with Crippen LogP contribution < -0.4 is 10.9 Å². The minimum absolute atomic E-state index is 0.330. The number of aromatic nitrogens is 5. The van der Waals surface area contributed by atoms with Crippen LogP contribution in [0.3, 0.4) is 0 Å². The lowest BCUT2D eigenvalue weighted by Gasteiger charge is -2.15.